The Hall–Kier alpha value is -2.82. The average Bonchev–Trinajstić information content (AvgIpc) is 2.89. The van der Waals surface area contributed by atoms with Crippen LogP contribution in [0, 0.1) is 20.8 Å². The number of aryl methyl sites for hydroxylation is 2. The number of fused-ring (bicyclic) bond motifs is 1. The molecule has 3 aromatic rings. The van der Waals surface area contributed by atoms with E-state index in [1.54, 1.807) is 0 Å². The molecule has 0 aliphatic rings. The number of imidazole rings is 1. The van der Waals surface area contributed by atoms with E-state index in [0.29, 0.717) is 5.75 Å². The van der Waals surface area contributed by atoms with Crippen LogP contribution in [0.5, 0.6) is 5.75 Å². The highest BCUT2D eigenvalue weighted by Crippen LogP contribution is 2.20. The molecule has 0 unspecified atom stereocenters. The van der Waals surface area contributed by atoms with Crippen LogP contribution in [0.4, 0.5) is 0 Å². The van der Waals surface area contributed by atoms with E-state index in [-0.39, 0.29) is 13.2 Å². The topological polar surface area (TPSA) is 52.8 Å². The number of esters is 1. The van der Waals surface area contributed by atoms with Gasteiger partial charge in [0.15, 0.2) is 6.61 Å². The zero-order valence-electron chi connectivity index (χ0n) is 14.1. The van der Waals surface area contributed by atoms with Gasteiger partial charge in [0.25, 0.3) is 0 Å². The molecule has 0 fully saturated rings. The van der Waals surface area contributed by atoms with Crippen LogP contribution >= 0.6 is 0 Å². The number of carbonyl (C=O) groups is 1. The molecule has 2 heterocycles. The minimum atomic E-state index is -0.402. The van der Waals surface area contributed by atoms with Crippen LogP contribution < -0.4 is 4.74 Å². The summed E-state index contributed by atoms with van der Waals surface area (Å²) in [5, 5.41) is 0. The number of hydrogen-bond acceptors (Lipinski definition) is 4. The molecule has 0 saturated heterocycles. The van der Waals surface area contributed by atoms with Crippen molar-refractivity contribution < 1.29 is 14.3 Å². The predicted molar refractivity (Wildman–Crippen MR) is 91.1 cm³/mol. The van der Waals surface area contributed by atoms with Gasteiger partial charge < -0.3 is 13.9 Å². The third-order valence-corrected chi connectivity index (χ3v) is 4.10. The Bertz CT molecular complexity index is 883. The summed E-state index contributed by atoms with van der Waals surface area (Å²) in [7, 11) is 0. The normalized spacial score (nSPS) is 10.8. The summed E-state index contributed by atoms with van der Waals surface area (Å²) in [5.41, 5.74) is 4.72. The standard InChI is InChI=1S/C19H20N2O3/c1-13-7-6-8-17(14(13)2)23-12-19(22)24-11-16-15(3)20-18-9-4-5-10-21(16)18/h4-10H,11-12H2,1-3H3. The molecule has 0 atom stereocenters. The molecule has 5 heteroatoms. The number of rotatable bonds is 5. The van der Waals surface area contributed by atoms with E-state index in [9.17, 15) is 4.79 Å². The minimum Gasteiger partial charge on any atom is -0.482 e. The summed E-state index contributed by atoms with van der Waals surface area (Å²) in [6, 6.07) is 11.5. The van der Waals surface area contributed by atoms with Crippen LogP contribution in [-0.2, 0) is 16.1 Å². The zero-order chi connectivity index (χ0) is 17.1. The largest absolute Gasteiger partial charge is 0.482 e. The van der Waals surface area contributed by atoms with Gasteiger partial charge in [-0.2, -0.15) is 0 Å². The molecule has 1 aromatic carbocycles. The van der Waals surface area contributed by atoms with E-state index in [0.717, 1.165) is 28.2 Å². The monoisotopic (exact) mass is 324 g/mol. The van der Waals surface area contributed by atoms with Gasteiger partial charge in [0, 0.05) is 6.20 Å². The molecule has 0 bridgehead atoms. The van der Waals surface area contributed by atoms with E-state index >= 15 is 0 Å². The van der Waals surface area contributed by atoms with E-state index in [1.165, 1.54) is 0 Å². The Kier molecular flexibility index (Phi) is 4.51. The van der Waals surface area contributed by atoms with Crippen LogP contribution in [0.3, 0.4) is 0 Å². The van der Waals surface area contributed by atoms with Gasteiger partial charge in [-0.3, -0.25) is 0 Å². The summed E-state index contributed by atoms with van der Waals surface area (Å²) in [6.45, 7) is 5.95. The predicted octanol–water partition coefficient (Wildman–Crippen LogP) is 3.38. The fourth-order valence-electron chi connectivity index (χ4n) is 2.55. The highest BCUT2D eigenvalue weighted by Gasteiger charge is 2.12. The number of carbonyl (C=O) groups excluding carboxylic acids is 1. The number of hydrogen-bond donors (Lipinski definition) is 0. The minimum absolute atomic E-state index is 0.111. The van der Waals surface area contributed by atoms with Gasteiger partial charge in [0.1, 0.15) is 18.0 Å². The number of aromatic nitrogens is 2. The smallest absolute Gasteiger partial charge is 0.344 e. The number of ether oxygens (including phenoxy) is 2. The van der Waals surface area contributed by atoms with Crippen molar-refractivity contribution in [3.63, 3.8) is 0 Å². The Morgan fingerprint density at radius 1 is 1.12 bits per heavy atom. The van der Waals surface area contributed by atoms with Crippen molar-refractivity contribution in [3.05, 3.63) is 65.1 Å². The summed E-state index contributed by atoms with van der Waals surface area (Å²) in [5.74, 6) is 0.305. The lowest BCUT2D eigenvalue weighted by Gasteiger charge is -2.11. The maximum Gasteiger partial charge on any atom is 0.344 e. The van der Waals surface area contributed by atoms with Crippen molar-refractivity contribution in [1.29, 1.82) is 0 Å². The maximum absolute atomic E-state index is 12.0. The lowest BCUT2D eigenvalue weighted by Crippen LogP contribution is -2.16. The zero-order valence-corrected chi connectivity index (χ0v) is 14.1. The summed E-state index contributed by atoms with van der Waals surface area (Å²) in [6.07, 6.45) is 1.91. The van der Waals surface area contributed by atoms with Crippen molar-refractivity contribution in [1.82, 2.24) is 9.38 Å². The first-order valence-corrected chi connectivity index (χ1v) is 7.83. The molecule has 24 heavy (non-hydrogen) atoms. The van der Waals surface area contributed by atoms with Gasteiger partial charge >= 0.3 is 5.97 Å². The third-order valence-electron chi connectivity index (χ3n) is 4.10. The Balaban J connectivity index is 1.61. The van der Waals surface area contributed by atoms with Gasteiger partial charge in [-0.25, -0.2) is 9.78 Å². The first kappa shape index (κ1) is 16.1. The summed E-state index contributed by atoms with van der Waals surface area (Å²) >= 11 is 0. The molecule has 3 rings (SSSR count). The number of pyridine rings is 1. The van der Waals surface area contributed by atoms with Gasteiger partial charge in [-0.1, -0.05) is 18.2 Å². The van der Waals surface area contributed by atoms with Crippen molar-refractivity contribution in [2.24, 2.45) is 0 Å². The lowest BCUT2D eigenvalue weighted by molar-refractivity contribution is -0.147. The molecule has 0 spiro atoms. The highest BCUT2D eigenvalue weighted by molar-refractivity contribution is 5.71. The molecular formula is C19H20N2O3. The lowest BCUT2D eigenvalue weighted by atomic mass is 10.1. The molecule has 0 radical (unpaired) electrons. The second kappa shape index (κ2) is 6.74. The molecule has 0 aliphatic heterocycles. The van der Waals surface area contributed by atoms with Crippen molar-refractivity contribution in [3.8, 4) is 5.75 Å². The van der Waals surface area contributed by atoms with Crippen molar-refractivity contribution in [2.75, 3.05) is 6.61 Å². The molecule has 0 amide bonds. The molecule has 0 aliphatic carbocycles. The summed E-state index contributed by atoms with van der Waals surface area (Å²) in [4.78, 5) is 16.4. The van der Waals surface area contributed by atoms with E-state index in [4.69, 9.17) is 9.47 Å². The fourth-order valence-corrected chi connectivity index (χ4v) is 2.55. The van der Waals surface area contributed by atoms with Crippen LogP contribution in [0.1, 0.15) is 22.5 Å². The van der Waals surface area contributed by atoms with Gasteiger partial charge in [-0.15, -0.1) is 0 Å². The van der Waals surface area contributed by atoms with E-state index in [1.807, 2.05) is 67.8 Å². The highest BCUT2D eigenvalue weighted by atomic mass is 16.6. The maximum atomic E-state index is 12.0. The quantitative estimate of drug-likeness (QED) is 0.675. The van der Waals surface area contributed by atoms with Crippen LogP contribution in [-0.4, -0.2) is 22.0 Å². The summed E-state index contributed by atoms with van der Waals surface area (Å²) < 4.78 is 12.8. The van der Waals surface area contributed by atoms with Crippen LogP contribution in [0.25, 0.3) is 5.65 Å². The fraction of sp³-hybridized carbons (Fsp3) is 0.263. The first-order valence-electron chi connectivity index (χ1n) is 7.83. The van der Waals surface area contributed by atoms with E-state index < -0.39 is 5.97 Å². The third kappa shape index (κ3) is 3.25. The van der Waals surface area contributed by atoms with Crippen molar-refractivity contribution in [2.45, 2.75) is 27.4 Å². The van der Waals surface area contributed by atoms with Crippen LogP contribution in [0.15, 0.2) is 42.6 Å². The first-order chi connectivity index (χ1) is 11.6. The average molecular weight is 324 g/mol. The van der Waals surface area contributed by atoms with Gasteiger partial charge in [0.05, 0.1) is 11.4 Å². The van der Waals surface area contributed by atoms with Gasteiger partial charge in [0.2, 0.25) is 0 Å². The molecule has 0 saturated carbocycles. The molecule has 0 N–H and O–H groups in total. The molecule has 5 nitrogen and oxygen atoms in total. The Morgan fingerprint density at radius 2 is 1.96 bits per heavy atom. The second-order valence-corrected chi connectivity index (χ2v) is 5.72. The molecular weight excluding hydrogens is 304 g/mol. The Morgan fingerprint density at radius 3 is 2.79 bits per heavy atom. The Labute approximate surface area is 140 Å². The van der Waals surface area contributed by atoms with E-state index in [2.05, 4.69) is 4.98 Å². The number of benzene rings is 1. The van der Waals surface area contributed by atoms with Crippen molar-refractivity contribution >= 4 is 11.6 Å². The van der Waals surface area contributed by atoms with Gasteiger partial charge in [-0.05, 0) is 50.1 Å². The molecule has 2 aromatic heterocycles. The number of nitrogens with zero attached hydrogens (tertiary/aromatic N) is 2. The second-order valence-electron chi connectivity index (χ2n) is 5.72. The van der Waals surface area contributed by atoms with Crippen LogP contribution in [0.2, 0.25) is 0 Å². The molecule has 124 valence electrons. The SMILES string of the molecule is Cc1cccc(OCC(=O)OCc2c(C)nc3ccccn23)c1C.